The summed E-state index contributed by atoms with van der Waals surface area (Å²) in [5.74, 6) is 1.17. The summed E-state index contributed by atoms with van der Waals surface area (Å²) in [7, 11) is 0. The smallest absolute Gasteiger partial charge is 0.133 e. The number of fused-ring (bicyclic) bond motifs is 1. The van der Waals surface area contributed by atoms with Gasteiger partial charge in [0, 0.05) is 15.7 Å². The highest BCUT2D eigenvalue weighted by Crippen LogP contribution is 2.36. The van der Waals surface area contributed by atoms with Gasteiger partial charge in [0.2, 0.25) is 0 Å². The monoisotopic (exact) mass is 435 g/mol. The first-order valence-corrected chi connectivity index (χ1v) is 9.85. The van der Waals surface area contributed by atoms with Crippen LogP contribution in [0.15, 0.2) is 35.7 Å². The fraction of sp³-hybridized carbons (Fsp3) is 0.278. The van der Waals surface area contributed by atoms with Gasteiger partial charge in [-0.05, 0) is 90.1 Å². The van der Waals surface area contributed by atoms with Crippen LogP contribution in [0.3, 0.4) is 0 Å². The molecule has 3 nitrogen and oxygen atoms in total. The number of benzene rings is 1. The van der Waals surface area contributed by atoms with Crippen LogP contribution in [-0.2, 0) is 6.42 Å². The van der Waals surface area contributed by atoms with Gasteiger partial charge in [-0.3, -0.25) is 0 Å². The number of anilines is 1. The molecule has 1 aromatic carbocycles. The summed E-state index contributed by atoms with van der Waals surface area (Å²) in [5.41, 5.74) is 4.94. The maximum absolute atomic E-state index is 4.98. The Kier molecular flexibility index (Phi) is 4.15. The zero-order chi connectivity index (χ0) is 15.8. The molecule has 5 heteroatoms. The number of aryl methyl sites for hydroxylation is 1. The summed E-state index contributed by atoms with van der Waals surface area (Å²) in [5, 5.41) is 10.8. The highest BCUT2D eigenvalue weighted by Gasteiger charge is 2.22. The predicted molar refractivity (Wildman–Crippen MR) is 106 cm³/mol. The normalized spacial score (nSPS) is 14.2. The number of halogens is 1. The van der Waals surface area contributed by atoms with Crippen LogP contribution in [0.1, 0.15) is 24.0 Å². The van der Waals surface area contributed by atoms with Gasteiger partial charge in [0.25, 0.3) is 0 Å². The van der Waals surface area contributed by atoms with E-state index < -0.39 is 0 Å². The van der Waals surface area contributed by atoms with Gasteiger partial charge in [-0.25, -0.2) is 4.68 Å². The zero-order valence-electron chi connectivity index (χ0n) is 13.0. The van der Waals surface area contributed by atoms with Gasteiger partial charge in [0.1, 0.15) is 11.5 Å². The molecule has 0 unspecified atom stereocenters. The summed E-state index contributed by atoms with van der Waals surface area (Å²) < 4.78 is 3.33. The molecule has 0 radical (unpaired) electrons. The molecule has 2 aromatic heterocycles. The van der Waals surface area contributed by atoms with E-state index in [9.17, 15) is 0 Å². The molecule has 1 aliphatic heterocycles. The lowest BCUT2D eigenvalue weighted by Crippen LogP contribution is -2.07. The van der Waals surface area contributed by atoms with Crippen molar-refractivity contribution in [2.45, 2.75) is 26.2 Å². The van der Waals surface area contributed by atoms with Gasteiger partial charge < -0.3 is 5.32 Å². The third-order valence-electron chi connectivity index (χ3n) is 4.16. The second-order valence-corrected chi connectivity index (χ2v) is 8.09. The van der Waals surface area contributed by atoms with Crippen molar-refractivity contribution in [3.05, 3.63) is 50.4 Å². The quantitative estimate of drug-likeness (QED) is 0.557. The van der Waals surface area contributed by atoms with E-state index in [0.29, 0.717) is 0 Å². The maximum Gasteiger partial charge on any atom is 0.133 e. The minimum atomic E-state index is 1.02. The molecule has 0 aliphatic carbocycles. The lowest BCUT2D eigenvalue weighted by molar-refractivity contribution is 0.780. The first-order valence-electron chi connectivity index (χ1n) is 7.89. The first-order chi connectivity index (χ1) is 11.2. The maximum atomic E-state index is 4.98. The Morgan fingerprint density at radius 2 is 2.04 bits per heavy atom. The van der Waals surface area contributed by atoms with Crippen LogP contribution in [0.5, 0.6) is 0 Å². The van der Waals surface area contributed by atoms with Gasteiger partial charge >= 0.3 is 0 Å². The predicted octanol–water partition coefficient (Wildman–Crippen LogP) is 5.26. The summed E-state index contributed by atoms with van der Waals surface area (Å²) in [4.78, 5) is 1.27. The molecule has 4 rings (SSSR count). The van der Waals surface area contributed by atoms with Crippen molar-refractivity contribution in [3.63, 3.8) is 0 Å². The first kappa shape index (κ1) is 15.2. The Morgan fingerprint density at radius 3 is 2.78 bits per heavy atom. The molecule has 0 spiro atoms. The van der Waals surface area contributed by atoms with E-state index in [2.05, 4.69) is 75.2 Å². The molecule has 0 fully saturated rings. The summed E-state index contributed by atoms with van der Waals surface area (Å²) in [6.45, 7) is 3.17. The third-order valence-corrected chi connectivity index (χ3v) is 5.94. The number of nitrogens with zero attached hydrogens (tertiary/aromatic N) is 2. The van der Waals surface area contributed by atoms with E-state index in [1.165, 1.54) is 38.2 Å². The average Bonchev–Trinajstić information content (AvgIpc) is 3.04. The standard InChI is InChI=1S/C18H18IN3S/c1-12-10-16(23-11-12)17-15-4-2-3-9-20-18(15)22(21-17)14-7-5-13(19)6-8-14/h5-8,10-11,20H,2-4,9H2,1H3. The van der Waals surface area contributed by atoms with E-state index in [1.807, 2.05) is 0 Å². The number of hydrogen-bond donors (Lipinski definition) is 1. The second-order valence-electron chi connectivity index (χ2n) is 5.94. The fourth-order valence-corrected chi connectivity index (χ4v) is 4.29. The van der Waals surface area contributed by atoms with Gasteiger partial charge in [-0.1, -0.05) is 0 Å². The Labute approximate surface area is 153 Å². The van der Waals surface area contributed by atoms with Crippen molar-refractivity contribution in [1.82, 2.24) is 9.78 Å². The van der Waals surface area contributed by atoms with Crippen molar-refractivity contribution in [2.75, 3.05) is 11.9 Å². The second kappa shape index (κ2) is 6.28. The summed E-state index contributed by atoms with van der Waals surface area (Å²) in [6.07, 6.45) is 3.53. The van der Waals surface area contributed by atoms with Crippen molar-refractivity contribution < 1.29 is 0 Å². The van der Waals surface area contributed by atoms with E-state index in [4.69, 9.17) is 5.10 Å². The molecular formula is C18H18IN3S. The van der Waals surface area contributed by atoms with Crippen LogP contribution in [0.4, 0.5) is 5.82 Å². The van der Waals surface area contributed by atoms with Gasteiger partial charge in [-0.15, -0.1) is 11.3 Å². The molecule has 118 valence electrons. The van der Waals surface area contributed by atoms with E-state index in [1.54, 1.807) is 11.3 Å². The topological polar surface area (TPSA) is 29.9 Å². The van der Waals surface area contributed by atoms with Gasteiger partial charge in [0.05, 0.1) is 10.6 Å². The van der Waals surface area contributed by atoms with E-state index in [-0.39, 0.29) is 0 Å². The molecule has 1 aliphatic rings. The minimum absolute atomic E-state index is 1.02. The van der Waals surface area contributed by atoms with E-state index in [0.717, 1.165) is 24.3 Å². The Balaban J connectivity index is 1.89. The van der Waals surface area contributed by atoms with Crippen molar-refractivity contribution in [2.24, 2.45) is 0 Å². The van der Waals surface area contributed by atoms with E-state index >= 15 is 0 Å². The highest BCUT2D eigenvalue weighted by molar-refractivity contribution is 14.1. The Bertz CT molecular complexity index is 833. The number of thiophene rings is 1. The Morgan fingerprint density at radius 1 is 1.22 bits per heavy atom. The minimum Gasteiger partial charge on any atom is -0.370 e. The number of rotatable bonds is 2. The van der Waals surface area contributed by atoms with Crippen molar-refractivity contribution in [1.29, 1.82) is 0 Å². The molecule has 0 bridgehead atoms. The largest absolute Gasteiger partial charge is 0.370 e. The molecule has 0 saturated heterocycles. The molecule has 1 N–H and O–H groups in total. The number of aromatic nitrogens is 2. The van der Waals surface area contributed by atoms with Crippen LogP contribution in [0.2, 0.25) is 0 Å². The lowest BCUT2D eigenvalue weighted by Gasteiger charge is -2.09. The van der Waals surface area contributed by atoms with Crippen LogP contribution >= 0.6 is 33.9 Å². The molecular weight excluding hydrogens is 417 g/mol. The van der Waals surface area contributed by atoms with Gasteiger partial charge in [-0.2, -0.15) is 5.10 Å². The fourth-order valence-electron chi connectivity index (χ4n) is 3.02. The van der Waals surface area contributed by atoms with Crippen molar-refractivity contribution in [3.8, 4) is 16.3 Å². The summed E-state index contributed by atoms with van der Waals surface area (Å²) in [6, 6.07) is 10.8. The molecule has 0 saturated carbocycles. The average molecular weight is 435 g/mol. The van der Waals surface area contributed by atoms with Crippen LogP contribution in [0, 0.1) is 10.5 Å². The Hall–Kier alpha value is -1.34. The molecule has 3 heterocycles. The lowest BCUT2D eigenvalue weighted by atomic mass is 10.1. The molecule has 0 amide bonds. The molecule has 3 aromatic rings. The number of hydrogen-bond acceptors (Lipinski definition) is 3. The zero-order valence-corrected chi connectivity index (χ0v) is 15.9. The highest BCUT2D eigenvalue weighted by atomic mass is 127. The molecule has 0 atom stereocenters. The van der Waals surface area contributed by atoms with Crippen LogP contribution in [0.25, 0.3) is 16.3 Å². The third kappa shape index (κ3) is 2.92. The van der Waals surface area contributed by atoms with Gasteiger partial charge in [0.15, 0.2) is 0 Å². The van der Waals surface area contributed by atoms with Crippen molar-refractivity contribution >= 4 is 39.7 Å². The van der Waals surface area contributed by atoms with Crippen LogP contribution < -0.4 is 5.32 Å². The SMILES string of the molecule is Cc1csc(-c2nn(-c3ccc(I)cc3)c3c2CCCCN3)c1. The van der Waals surface area contributed by atoms with Crippen LogP contribution in [-0.4, -0.2) is 16.3 Å². The number of nitrogens with one attached hydrogen (secondary N) is 1. The summed E-state index contributed by atoms with van der Waals surface area (Å²) >= 11 is 4.13. The molecule has 23 heavy (non-hydrogen) atoms.